The number of hydrogen-bond acceptors (Lipinski definition) is 5. The van der Waals surface area contributed by atoms with Crippen LogP contribution in [0.15, 0.2) is 24.3 Å². The molecule has 0 spiro atoms. The summed E-state index contributed by atoms with van der Waals surface area (Å²) in [6, 6.07) is 9.36. The van der Waals surface area contributed by atoms with Gasteiger partial charge >= 0.3 is 0 Å². The highest BCUT2D eigenvalue weighted by molar-refractivity contribution is 5.94. The number of likely N-dealkylation sites (N-methyl/N-ethyl adjacent to an activating group) is 1. The molecule has 0 bridgehead atoms. The number of piperidine rings is 2. The number of aliphatic hydroxyl groups is 1. The third-order valence-corrected chi connectivity index (χ3v) is 7.81. The van der Waals surface area contributed by atoms with E-state index in [9.17, 15) is 14.7 Å². The molecule has 7 heteroatoms. The quantitative estimate of drug-likeness (QED) is 0.755. The van der Waals surface area contributed by atoms with Gasteiger partial charge in [0, 0.05) is 50.4 Å². The second-order valence-corrected chi connectivity index (χ2v) is 9.88. The SMILES string of the molecule is CN1CCCC2NCC(c3ccc(C(=O)N4CCN(C(=O)C5(O)CC5)CC4)cc3)CC21. The standard InChI is InChI=1S/C24H34N4O3/c1-26-10-2-3-20-21(26)15-19(16-25-20)17-4-6-18(7-5-17)22(29)27-11-13-28(14-12-27)23(30)24(31)8-9-24/h4-7,19-21,25,31H,2-3,8-16H2,1H3. The highest BCUT2D eigenvalue weighted by atomic mass is 16.3. The van der Waals surface area contributed by atoms with E-state index in [1.807, 2.05) is 17.0 Å². The maximum absolute atomic E-state index is 13.0. The molecule has 5 rings (SSSR count). The lowest BCUT2D eigenvalue weighted by Crippen LogP contribution is -2.57. The molecule has 3 atom stereocenters. The van der Waals surface area contributed by atoms with Crippen molar-refractivity contribution in [1.82, 2.24) is 20.0 Å². The maximum Gasteiger partial charge on any atom is 0.254 e. The zero-order valence-electron chi connectivity index (χ0n) is 18.4. The summed E-state index contributed by atoms with van der Waals surface area (Å²) >= 11 is 0. The van der Waals surface area contributed by atoms with Gasteiger partial charge in [0.05, 0.1) is 0 Å². The Balaban J connectivity index is 1.17. The minimum atomic E-state index is -1.12. The average molecular weight is 427 g/mol. The molecule has 0 aromatic heterocycles. The van der Waals surface area contributed by atoms with Crippen LogP contribution >= 0.6 is 0 Å². The van der Waals surface area contributed by atoms with Crippen LogP contribution in [0.1, 0.15) is 53.9 Å². The van der Waals surface area contributed by atoms with Gasteiger partial charge in [-0.25, -0.2) is 0 Å². The van der Waals surface area contributed by atoms with Crippen molar-refractivity contribution in [3.05, 3.63) is 35.4 Å². The molecule has 1 aromatic carbocycles. The molecule has 2 amide bonds. The number of hydrogen-bond donors (Lipinski definition) is 2. The van der Waals surface area contributed by atoms with Crippen LogP contribution in [0.4, 0.5) is 0 Å². The Morgan fingerprint density at radius 3 is 2.39 bits per heavy atom. The summed E-state index contributed by atoms with van der Waals surface area (Å²) in [5.41, 5.74) is 0.887. The normalized spacial score (nSPS) is 30.6. The van der Waals surface area contributed by atoms with Gasteiger partial charge in [0.1, 0.15) is 5.60 Å². The molecule has 0 radical (unpaired) electrons. The first-order valence-corrected chi connectivity index (χ1v) is 11.8. The fraction of sp³-hybridized carbons (Fsp3) is 0.667. The van der Waals surface area contributed by atoms with Crippen LogP contribution in [0, 0.1) is 0 Å². The second kappa shape index (κ2) is 8.19. The first-order valence-electron chi connectivity index (χ1n) is 11.8. The molecular weight excluding hydrogens is 392 g/mol. The smallest absolute Gasteiger partial charge is 0.254 e. The summed E-state index contributed by atoms with van der Waals surface area (Å²) in [5.74, 6) is 0.335. The van der Waals surface area contributed by atoms with Gasteiger partial charge in [0.15, 0.2) is 0 Å². The third-order valence-electron chi connectivity index (χ3n) is 7.81. The van der Waals surface area contributed by atoms with Crippen LogP contribution in [0.3, 0.4) is 0 Å². The van der Waals surface area contributed by atoms with E-state index < -0.39 is 5.60 Å². The van der Waals surface area contributed by atoms with Crippen LogP contribution in [0.5, 0.6) is 0 Å². The number of piperazine rings is 1. The van der Waals surface area contributed by atoms with Crippen molar-refractivity contribution < 1.29 is 14.7 Å². The Morgan fingerprint density at radius 2 is 1.71 bits per heavy atom. The molecule has 3 saturated heterocycles. The summed E-state index contributed by atoms with van der Waals surface area (Å²) in [4.78, 5) is 31.3. The van der Waals surface area contributed by atoms with Crippen LogP contribution in [0.25, 0.3) is 0 Å². The summed E-state index contributed by atoms with van der Waals surface area (Å²) in [7, 11) is 2.24. The third kappa shape index (κ3) is 4.11. The number of amides is 2. The number of fused-ring (bicyclic) bond motifs is 1. The molecule has 4 fully saturated rings. The van der Waals surface area contributed by atoms with Crippen molar-refractivity contribution in [1.29, 1.82) is 0 Å². The van der Waals surface area contributed by atoms with E-state index in [0.29, 0.717) is 62.6 Å². The Labute approximate surface area is 184 Å². The summed E-state index contributed by atoms with van der Waals surface area (Å²) in [6.07, 6.45) is 4.84. The van der Waals surface area contributed by atoms with Gasteiger partial charge < -0.3 is 25.1 Å². The largest absolute Gasteiger partial charge is 0.380 e. The first-order chi connectivity index (χ1) is 14.9. The Hall–Kier alpha value is -1.96. The predicted octanol–water partition coefficient (Wildman–Crippen LogP) is 1.04. The monoisotopic (exact) mass is 426 g/mol. The van der Waals surface area contributed by atoms with Crippen molar-refractivity contribution in [2.45, 2.75) is 55.7 Å². The molecule has 3 unspecified atom stereocenters. The average Bonchev–Trinajstić information content (AvgIpc) is 3.57. The van der Waals surface area contributed by atoms with E-state index in [1.54, 1.807) is 4.90 Å². The van der Waals surface area contributed by atoms with Crippen LogP contribution in [-0.2, 0) is 4.79 Å². The molecule has 3 heterocycles. The molecule has 1 aliphatic carbocycles. The second-order valence-electron chi connectivity index (χ2n) is 9.88. The molecule has 3 aliphatic heterocycles. The van der Waals surface area contributed by atoms with E-state index in [4.69, 9.17) is 0 Å². The number of carbonyl (C=O) groups is 2. The van der Waals surface area contributed by atoms with E-state index >= 15 is 0 Å². The molecule has 2 N–H and O–H groups in total. The number of nitrogens with one attached hydrogen (secondary N) is 1. The van der Waals surface area contributed by atoms with Crippen molar-refractivity contribution in [3.8, 4) is 0 Å². The molecule has 1 aromatic rings. The van der Waals surface area contributed by atoms with Crippen LogP contribution in [-0.4, -0.2) is 95.6 Å². The minimum absolute atomic E-state index is 0.0256. The topological polar surface area (TPSA) is 76.1 Å². The Bertz CT molecular complexity index is 830. The maximum atomic E-state index is 13.0. The van der Waals surface area contributed by atoms with Crippen molar-refractivity contribution in [2.24, 2.45) is 0 Å². The lowest BCUT2D eigenvalue weighted by Gasteiger charge is -2.45. The van der Waals surface area contributed by atoms with E-state index in [1.165, 1.54) is 31.4 Å². The fourth-order valence-corrected chi connectivity index (χ4v) is 5.55. The molecule has 4 aliphatic rings. The summed E-state index contributed by atoms with van der Waals surface area (Å²) in [6.45, 7) is 4.21. The summed E-state index contributed by atoms with van der Waals surface area (Å²) in [5, 5.41) is 13.8. The molecule has 7 nitrogen and oxygen atoms in total. The van der Waals surface area contributed by atoms with Crippen LogP contribution in [0.2, 0.25) is 0 Å². The lowest BCUT2D eigenvalue weighted by atomic mass is 9.81. The van der Waals surface area contributed by atoms with Gasteiger partial charge in [-0.3, -0.25) is 9.59 Å². The zero-order chi connectivity index (χ0) is 21.6. The predicted molar refractivity (Wildman–Crippen MR) is 118 cm³/mol. The number of nitrogens with zero attached hydrogens (tertiary/aromatic N) is 3. The van der Waals surface area contributed by atoms with Gasteiger partial charge in [-0.05, 0) is 69.3 Å². The van der Waals surface area contributed by atoms with Gasteiger partial charge in [0.25, 0.3) is 11.8 Å². The number of likely N-dealkylation sites (tertiary alicyclic amines) is 1. The molecular formula is C24H34N4O3. The molecule has 168 valence electrons. The Kier molecular flexibility index (Phi) is 5.52. The van der Waals surface area contributed by atoms with Gasteiger partial charge in [-0.1, -0.05) is 12.1 Å². The summed E-state index contributed by atoms with van der Waals surface area (Å²) < 4.78 is 0. The minimum Gasteiger partial charge on any atom is -0.380 e. The highest BCUT2D eigenvalue weighted by Crippen LogP contribution is 2.37. The van der Waals surface area contributed by atoms with Crippen molar-refractivity contribution in [3.63, 3.8) is 0 Å². The number of benzene rings is 1. The number of rotatable bonds is 3. The van der Waals surface area contributed by atoms with Gasteiger partial charge in [-0.2, -0.15) is 0 Å². The first kappa shape index (κ1) is 20.9. The van der Waals surface area contributed by atoms with Crippen molar-refractivity contribution in [2.75, 3.05) is 46.3 Å². The van der Waals surface area contributed by atoms with Crippen LogP contribution < -0.4 is 5.32 Å². The van der Waals surface area contributed by atoms with Gasteiger partial charge in [0.2, 0.25) is 0 Å². The van der Waals surface area contributed by atoms with E-state index in [2.05, 4.69) is 29.4 Å². The lowest BCUT2D eigenvalue weighted by molar-refractivity contribution is -0.143. The fourth-order valence-electron chi connectivity index (χ4n) is 5.55. The van der Waals surface area contributed by atoms with E-state index in [-0.39, 0.29) is 11.8 Å². The number of carbonyl (C=O) groups excluding carboxylic acids is 2. The van der Waals surface area contributed by atoms with Crippen molar-refractivity contribution >= 4 is 11.8 Å². The molecule has 1 saturated carbocycles. The highest BCUT2D eigenvalue weighted by Gasteiger charge is 2.50. The van der Waals surface area contributed by atoms with E-state index in [0.717, 1.165) is 6.54 Å². The van der Waals surface area contributed by atoms with Gasteiger partial charge in [-0.15, -0.1) is 0 Å². The zero-order valence-corrected chi connectivity index (χ0v) is 18.4. The Morgan fingerprint density at radius 1 is 1.03 bits per heavy atom. The molecule has 31 heavy (non-hydrogen) atoms.